The van der Waals surface area contributed by atoms with Crippen LogP contribution >= 0.6 is 0 Å². The first-order chi connectivity index (χ1) is 11.9. The molecule has 0 bridgehead atoms. The van der Waals surface area contributed by atoms with Crippen molar-refractivity contribution in [3.05, 3.63) is 42.0 Å². The second kappa shape index (κ2) is 6.88. The smallest absolute Gasteiger partial charge is 0.325 e. The van der Waals surface area contributed by atoms with Gasteiger partial charge in [-0.05, 0) is 44.4 Å². The van der Waals surface area contributed by atoms with Gasteiger partial charge in [-0.3, -0.25) is 9.69 Å². The molecule has 1 fully saturated rings. The molecule has 3 rings (SSSR count). The number of imide groups is 1. The summed E-state index contributed by atoms with van der Waals surface area (Å²) in [5.74, 6) is 0.788. The number of hydrogen-bond acceptors (Lipinski definition) is 4. The average molecular weight is 344 g/mol. The van der Waals surface area contributed by atoms with Crippen molar-refractivity contribution in [2.75, 3.05) is 13.2 Å². The molecule has 1 heterocycles. The topological polar surface area (TPSA) is 78.9 Å². The molecule has 0 spiro atoms. The van der Waals surface area contributed by atoms with Crippen LogP contribution in [0.2, 0.25) is 0 Å². The number of aliphatic hydroxyl groups excluding tert-OH is 1. The van der Waals surface area contributed by atoms with Gasteiger partial charge in [0, 0.05) is 5.92 Å². The Hall–Kier alpha value is -2.34. The zero-order valence-corrected chi connectivity index (χ0v) is 14.6. The number of aliphatic hydroxyl groups is 1. The largest absolute Gasteiger partial charge is 0.491 e. The number of rotatable bonds is 6. The first-order valence-electron chi connectivity index (χ1n) is 8.58. The zero-order valence-electron chi connectivity index (χ0n) is 14.6. The number of hydrogen-bond donors (Lipinski definition) is 2. The van der Waals surface area contributed by atoms with Crippen LogP contribution in [-0.2, 0) is 4.79 Å². The molecule has 1 aliphatic carbocycles. The van der Waals surface area contributed by atoms with E-state index >= 15 is 0 Å². The fourth-order valence-corrected chi connectivity index (χ4v) is 3.16. The zero-order chi connectivity index (χ0) is 18.0. The van der Waals surface area contributed by atoms with Crippen LogP contribution in [0.4, 0.5) is 4.79 Å². The minimum atomic E-state index is -0.943. The van der Waals surface area contributed by atoms with Gasteiger partial charge >= 0.3 is 6.03 Å². The molecule has 2 atom stereocenters. The van der Waals surface area contributed by atoms with Crippen LogP contribution in [0.1, 0.15) is 38.2 Å². The Labute approximate surface area is 147 Å². The molecule has 25 heavy (non-hydrogen) atoms. The summed E-state index contributed by atoms with van der Waals surface area (Å²) in [7, 11) is 0. The molecule has 6 nitrogen and oxygen atoms in total. The summed E-state index contributed by atoms with van der Waals surface area (Å²) in [5.41, 5.74) is 0.325. The number of nitrogens with one attached hydrogen (secondary N) is 1. The van der Waals surface area contributed by atoms with E-state index in [1.807, 2.05) is 24.3 Å². The van der Waals surface area contributed by atoms with E-state index in [4.69, 9.17) is 4.74 Å². The van der Waals surface area contributed by atoms with E-state index in [0.717, 1.165) is 17.7 Å². The highest BCUT2D eigenvalue weighted by Crippen LogP contribution is 2.29. The predicted molar refractivity (Wildman–Crippen MR) is 93.4 cm³/mol. The van der Waals surface area contributed by atoms with Gasteiger partial charge in [-0.25, -0.2) is 4.79 Å². The van der Waals surface area contributed by atoms with Gasteiger partial charge in [0.05, 0.1) is 6.54 Å². The standard InChI is InChI=1S/C19H24N2O4/c1-19(2)17(23)21(18(24)20-19)11-15(22)12-25-16-9-7-14(8-10-16)13-5-3-4-6-13/h3,5,7-10,13,15,22H,4,6,11-12H2,1-2H3,(H,20,24)/t13-,15+/m1/s1. The quantitative estimate of drug-likeness (QED) is 0.612. The number of amides is 3. The number of urea groups is 1. The summed E-state index contributed by atoms with van der Waals surface area (Å²) in [6.07, 6.45) is 5.73. The number of carbonyl (C=O) groups is 2. The van der Waals surface area contributed by atoms with E-state index in [0.29, 0.717) is 11.7 Å². The fraction of sp³-hybridized carbons (Fsp3) is 0.474. The van der Waals surface area contributed by atoms with Gasteiger partial charge in [-0.1, -0.05) is 24.3 Å². The average Bonchev–Trinajstić information content (AvgIpc) is 3.17. The van der Waals surface area contributed by atoms with Crippen molar-refractivity contribution in [2.24, 2.45) is 0 Å². The summed E-state index contributed by atoms with van der Waals surface area (Å²) in [5, 5.41) is 12.7. The molecular formula is C19H24N2O4. The van der Waals surface area contributed by atoms with Gasteiger partial charge in [0.2, 0.25) is 0 Å². The van der Waals surface area contributed by atoms with Gasteiger partial charge in [-0.15, -0.1) is 0 Å². The van der Waals surface area contributed by atoms with Crippen LogP contribution in [0.25, 0.3) is 0 Å². The van der Waals surface area contributed by atoms with Crippen molar-refractivity contribution in [2.45, 2.75) is 44.2 Å². The van der Waals surface area contributed by atoms with E-state index in [-0.39, 0.29) is 19.1 Å². The maximum Gasteiger partial charge on any atom is 0.325 e. The van der Waals surface area contributed by atoms with Crippen LogP contribution < -0.4 is 10.1 Å². The van der Waals surface area contributed by atoms with Crippen molar-refractivity contribution in [3.8, 4) is 5.75 Å². The van der Waals surface area contributed by atoms with Crippen molar-refractivity contribution < 1.29 is 19.4 Å². The molecule has 134 valence electrons. The molecule has 1 aromatic carbocycles. The first-order valence-corrected chi connectivity index (χ1v) is 8.58. The lowest BCUT2D eigenvalue weighted by molar-refractivity contribution is -0.131. The first kappa shape index (κ1) is 17.5. The lowest BCUT2D eigenvalue weighted by Gasteiger charge is -2.19. The second-order valence-electron chi connectivity index (χ2n) is 7.12. The molecule has 1 aliphatic heterocycles. The molecule has 0 radical (unpaired) electrons. The third kappa shape index (κ3) is 3.85. The predicted octanol–water partition coefficient (Wildman–Crippen LogP) is 2.19. The van der Waals surface area contributed by atoms with Gasteiger partial charge < -0.3 is 15.2 Å². The Morgan fingerprint density at radius 3 is 2.60 bits per heavy atom. The molecule has 1 aromatic rings. The summed E-state index contributed by atoms with van der Waals surface area (Å²) < 4.78 is 5.58. The lowest BCUT2D eigenvalue weighted by Crippen LogP contribution is -2.42. The van der Waals surface area contributed by atoms with Crippen molar-refractivity contribution >= 4 is 11.9 Å². The summed E-state index contributed by atoms with van der Waals surface area (Å²) in [6.45, 7) is 3.20. The molecule has 3 amide bonds. The monoisotopic (exact) mass is 344 g/mol. The Balaban J connectivity index is 1.50. The molecule has 0 saturated carbocycles. The normalized spacial score (nSPS) is 23.0. The number of ether oxygens (including phenoxy) is 1. The number of allylic oxidation sites excluding steroid dienone is 2. The van der Waals surface area contributed by atoms with Crippen LogP contribution in [0, 0.1) is 0 Å². The molecule has 2 aliphatic rings. The van der Waals surface area contributed by atoms with Crippen molar-refractivity contribution in [1.82, 2.24) is 10.2 Å². The van der Waals surface area contributed by atoms with Gasteiger partial charge in [-0.2, -0.15) is 0 Å². The Bertz CT molecular complexity index is 681. The van der Waals surface area contributed by atoms with Crippen LogP contribution in [0.5, 0.6) is 5.75 Å². The summed E-state index contributed by atoms with van der Waals surface area (Å²) in [4.78, 5) is 24.9. The fourth-order valence-electron chi connectivity index (χ4n) is 3.16. The van der Waals surface area contributed by atoms with E-state index in [1.54, 1.807) is 13.8 Å². The van der Waals surface area contributed by atoms with Crippen LogP contribution in [0.15, 0.2) is 36.4 Å². The number of benzene rings is 1. The van der Waals surface area contributed by atoms with E-state index in [1.165, 1.54) is 5.56 Å². The molecule has 0 unspecified atom stereocenters. The Morgan fingerprint density at radius 1 is 1.32 bits per heavy atom. The van der Waals surface area contributed by atoms with Crippen LogP contribution in [0.3, 0.4) is 0 Å². The minimum absolute atomic E-state index is 0.0141. The molecule has 1 saturated heterocycles. The number of β-amino-alcohol motifs (C(OH)–C–C–N with tert-alkyl or cyclic N) is 1. The van der Waals surface area contributed by atoms with Crippen molar-refractivity contribution in [1.29, 1.82) is 0 Å². The molecular weight excluding hydrogens is 320 g/mol. The highest BCUT2D eigenvalue weighted by Gasteiger charge is 2.44. The highest BCUT2D eigenvalue weighted by atomic mass is 16.5. The third-order valence-corrected chi connectivity index (χ3v) is 4.60. The Kier molecular flexibility index (Phi) is 4.81. The van der Waals surface area contributed by atoms with Gasteiger partial charge in [0.15, 0.2) is 0 Å². The van der Waals surface area contributed by atoms with Gasteiger partial charge in [0.25, 0.3) is 5.91 Å². The van der Waals surface area contributed by atoms with E-state index in [9.17, 15) is 14.7 Å². The van der Waals surface area contributed by atoms with E-state index < -0.39 is 17.7 Å². The second-order valence-corrected chi connectivity index (χ2v) is 7.12. The maximum atomic E-state index is 12.1. The summed E-state index contributed by atoms with van der Waals surface area (Å²) >= 11 is 0. The Morgan fingerprint density at radius 2 is 2.04 bits per heavy atom. The minimum Gasteiger partial charge on any atom is -0.491 e. The van der Waals surface area contributed by atoms with Crippen molar-refractivity contribution in [3.63, 3.8) is 0 Å². The number of carbonyl (C=O) groups excluding carboxylic acids is 2. The third-order valence-electron chi connectivity index (χ3n) is 4.60. The van der Waals surface area contributed by atoms with Gasteiger partial charge in [0.1, 0.15) is 24.0 Å². The maximum absolute atomic E-state index is 12.1. The lowest BCUT2D eigenvalue weighted by atomic mass is 9.99. The van der Waals surface area contributed by atoms with E-state index in [2.05, 4.69) is 17.5 Å². The number of nitrogens with zero attached hydrogens (tertiary/aromatic N) is 1. The molecule has 2 N–H and O–H groups in total. The summed E-state index contributed by atoms with van der Waals surface area (Å²) in [6, 6.07) is 7.34. The highest BCUT2D eigenvalue weighted by molar-refractivity contribution is 6.06. The SMILES string of the molecule is CC1(C)NC(=O)N(C[C@H](O)COc2ccc([C@@H]3C=CCC3)cc2)C1=O. The van der Waals surface area contributed by atoms with Crippen LogP contribution in [-0.4, -0.2) is 46.7 Å². The molecule has 6 heteroatoms. The molecule has 0 aromatic heterocycles.